The first-order chi connectivity index (χ1) is 11.4. The summed E-state index contributed by atoms with van der Waals surface area (Å²) in [4.78, 5) is 12.6. The van der Waals surface area contributed by atoms with Crippen LogP contribution in [0.15, 0.2) is 42.5 Å². The molecule has 0 aromatic heterocycles. The van der Waals surface area contributed by atoms with Gasteiger partial charge in [-0.05, 0) is 43.2 Å². The molecule has 1 saturated carbocycles. The van der Waals surface area contributed by atoms with Gasteiger partial charge in [-0.25, -0.2) is 0 Å². The first-order valence-electron chi connectivity index (χ1n) is 8.24. The average molecular weight is 324 g/mol. The fraction of sp³-hybridized carbons (Fsp3) is 0.316. The minimum absolute atomic E-state index is 0.113. The summed E-state index contributed by atoms with van der Waals surface area (Å²) >= 11 is 0. The molecule has 0 unspecified atom stereocenters. The molecule has 0 amide bonds. The Bertz CT molecular complexity index is 745. The van der Waals surface area contributed by atoms with Crippen LogP contribution in [0.3, 0.4) is 0 Å². The lowest BCUT2D eigenvalue weighted by atomic mass is 9.78. The van der Waals surface area contributed by atoms with Gasteiger partial charge in [0.15, 0.2) is 5.78 Å². The number of anilines is 2. The molecule has 3 rings (SSSR count). The van der Waals surface area contributed by atoms with E-state index < -0.39 is 5.66 Å². The zero-order chi connectivity index (χ0) is 17.3. The van der Waals surface area contributed by atoms with E-state index in [0.717, 1.165) is 31.2 Å². The van der Waals surface area contributed by atoms with Crippen LogP contribution in [-0.4, -0.2) is 11.4 Å². The summed E-state index contributed by atoms with van der Waals surface area (Å²) in [5.41, 5.74) is 26.8. The molecule has 24 heavy (non-hydrogen) atoms. The van der Waals surface area contributed by atoms with E-state index in [4.69, 9.17) is 22.9 Å². The highest BCUT2D eigenvalue weighted by Gasteiger charge is 2.30. The molecule has 2 aromatic rings. The van der Waals surface area contributed by atoms with Crippen molar-refractivity contribution < 1.29 is 4.79 Å². The standard InChI is InChI=1S/C19H24N4O/c20-16-14(12-8-10-19(22,23)11-9-12)6-7-15(17(16)21)18(24)13-4-2-1-3-5-13/h1-7,12H,8-11,20-23H2. The minimum atomic E-state index is -0.583. The molecule has 1 aliphatic rings. The Labute approximate surface area is 142 Å². The number of nitrogens with two attached hydrogens (primary N) is 4. The molecule has 1 fully saturated rings. The fourth-order valence-electron chi connectivity index (χ4n) is 3.42. The van der Waals surface area contributed by atoms with Gasteiger partial charge in [-0.2, -0.15) is 0 Å². The number of ketones is 1. The third-order valence-corrected chi connectivity index (χ3v) is 4.96. The molecule has 0 aliphatic heterocycles. The number of benzene rings is 2. The van der Waals surface area contributed by atoms with Gasteiger partial charge in [0.1, 0.15) is 0 Å². The van der Waals surface area contributed by atoms with E-state index in [-0.39, 0.29) is 11.7 Å². The average Bonchev–Trinajstić information content (AvgIpc) is 2.58. The van der Waals surface area contributed by atoms with Crippen LogP contribution in [0.4, 0.5) is 11.4 Å². The van der Waals surface area contributed by atoms with Crippen molar-refractivity contribution in [1.29, 1.82) is 0 Å². The molecular formula is C19H24N4O. The number of carbonyl (C=O) groups is 1. The van der Waals surface area contributed by atoms with Crippen molar-refractivity contribution in [2.75, 3.05) is 11.5 Å². The molecule has 126 valence electrons. The fourth-order valence-corrected chi connectivity index (χ4v) is 3.42. The second-order valence-electron chi connectivity index (χ2n) is 6.73. The van der Waals surface area contributed by atoms with Gasteiger partial charge >= 0.3 is 0 Å². The zero-order valence-electron chi connectivity index (χ0n) is 13.7. The van der Waals surface area contributed by atoms with Crippen molar-refractivity contribution in [3.63, 3.8) is 0 Å². The molecule has 5 heteroatoms. The maximum absolute atomic E-state index is 12.6. The van der Waals surface area contributed by atoms with Crippen LogP contribution in [0.1, 0.15) is 53.1 Å². The number of hydrogen-bond donors (Lipinski definition) is 4. The van der Waals surface area contributed by atoms with Gasteiger partial charge < -0.3 is 22.9 Å². The summed E-state index contributed by atoms with van der Waals surface area (Å²) in [6.07, 6.45) is 3.26. The maximum atomic E-state index is 12.6. The van der Waals surface area contributed by atoms with E-state index in [1.54, 1.807) is 18.2 Å². The lowest BCUT2D eigenvalue weighted by molar-refractivity contribution is 0.103. The van der Waals surface area contributed by atoms with E-state index >= 15 is 0 Å². The van der Waals surface area contributed by atoms with Gasteiger partial charge in [-0.1, -0.05) is 36.4 Å². The number of rotatable bonds is 3. The van der Waals surface area contributed by atoms with Gasteiger partial charge in [0, 0.05) is 11.1 Å². The monoisotopic (exact) mass is 324 g/mol. The highest BCUT2D eigenvalue weighted by Crippen LogP contribution is 2.40. The first-order valence-corrected chi connectivity index (χ1v) is 8.24. The molecule has 0 radical (unpaired) electrons. The van der Waals surface area contributed by atoms with Crippen molar-refractivity contribution >= 4 is 17.2 Å². The molecule has 0 bridgehead atoms. The predicted octanol–water partition coefficient (Wildman–Crippen LogP) is 2.35. The van der Waals surface area contributed by atoms with E-state index in [9.17, 15) is 4.79 Å². The number of carbonyl (C=O) groups excluding carboxylic acids is 1. The summed E-state index contributed by atoms with van der Waals surface area (Å²) in [6.45, 7) is 0. The van der Waals surface area contributed by atoms with Gasteiger partial charge in [0.05, 0.1) is 17.0 Å². The highest BCUT2D eigenvalue weighted by atomic mass is 16.1. The third kappa shape index (κ3) is 3.13. The molecule has 2 aromatic carbocycles. The quantitative estimate of drug-likeness (QED) is 0.392. The molecular weight excluding hydrogens is 300 g/mol. The van der Waals surface area contributed by atoms with Gasteiger partial charge in [0.2, 0.25) is 0 Å². The van der Waals surface area contributed by atoms with Gasteiger partial charge in [-0.15, -0.1) is 0 Å². The van der Waals surface area contributed by atoms with Crippen molar-refractivity contribution in [1.82, 2.24) is 0 Å². The number of hydrogen-bond acceptors (Lipinski definition) is 5. The lowest BCUT2D eigenvalue weighted by Crippen LogP contribution is -2.51. The summed E-state index contributed by atoms with van der Waals surface area (Å²) in [5, 5.41) is 0. The van der Waals surface area contributed by atoms with Crippen LogP contribution >= 0.6 is 0 Å². The SMILES string of the molecule is Nc1c(C(=O)c2ccccc2)ccc(C2CCC(N)(N)CC2)c1N. The second-order valence-corrected chi connectivity index (χ2v) is 6.73. The normalized spacial score (nSPS) is 17.6. The lowest BCUT2D eigenvalue weighted by Gasteiger charge is -2.34. The third-order valence-electron chi connectivity index (χ3n) is 4.96. The molecule has 8 N–H and O–H groups in total. The maximum Gasteiger partial charge on any atom is 0.195 e. The zero-order valence-corrected chi connectivity index (χ0v) is 13.7. The Morgan fingerprint density at radius 2 is 1.54 bits per heavy atom. The van der Waals surface area contributed by atoms with Gasteiger partial charge in [-0.3, -0.25) is 4.79 Å². The number of nitrogen functional groups attached to an aromatic ring is 2. The summed E-state index contributed by atoms with van der Waals surface area (Å²) in [7, 11) is 0. The highest BCUT2D eigenvalue weighted by molar-refractivity contribution is 6.13. The first kappa shape index (κ1) is 16.5. The molecule has 0 heterocycles. The van der Waals surface area contributed by atoms with Crippen LogP contribution in [0.5, 0.6) is 0 Å². The van der Waals surface area contributed by atoms with Crippen molar-refractivity contribution in [2.24, 2.45) is 11.5 Å². The summed E-state index contributed by atoms with van der Waals surface area (Å²) < 4.78 is 0. The Morgan fingerprint density at radius 3 is 2.17 bits per heavy atom. The molecule has 0 spiro atoms. The van der Waals surface area contributed by atoms with E-state index in [0.29, 0.717) is 22.5 Å². The van der Waals surface area contributed by atoms with Crippen LogP contribution in [0, 0.1) is 0 Å². The van der Waals surface area contributed by atoms with Crippen molar-refractivity contribution in [2.45, 2.75) is 37.3 Å². The Morgan fingerprint density at radius 1 is 0.917 bits per heavy atom. The Balaban J connectivity index is 1.88. The van der Waals surface area contributed by atoms with Crippen molar-refractivity contribution in [3.05, 3.63) is 59.2 Å². The van der Waals surface area contributed by atoms with E-state index in [2.05, 4.69) is 0 Å². The van der Waals surface area contributed by atoms with Crippen LogP contribution in [-0.2, 0) is 0 Å². The topological polar surface area (TPSA) is 121 Å². The van der Waals surface area contributed by atoms with E-state index in [1.165, 1.54) is 0 Å². The van der Waals surface area contributed by atoms with Gasteiger partial charge in [0.25, 0.3) is 0 Å². The van der Waals surface area contributed by atoms with Crippen LogP contribution in [0.2, 0.25) is 0 Å². The van der Waals surface area contributed by atoms with E-state index in [1.807, 2.05) is 24.3 Å². The largest absolute Gasteiger partial charge is 0.397 e. The molecule has 0 atom stereocenters. The minimum Gasteiger partial charge on any atom is -0.397 e. The predicted molar refractivity (Wildman–Crippen MR) is 97.5 cm³/mol. The van der Waals surface area contributed by atoms with Crippen molar-refractivity contribution in [3.8, 4) is 0 Å². The Kier molecular flexibility index (Phi) is 4.30. The van der Waals surface area contributed by atoms with Crippen LogP contribution < -0.4 is 22.9 Å². The molecule has 1 aliphatic carbocycles. The van der Waals surface area contributed by atoms with Crippen LogP contribution in [0.25, 0.3) is 0 Å². The molecule has 0 saturated heterocycles. The molecule has 5 nitrogen and oxygen atoms in total. The Hall–Kier alpha value is -2.37. The summed E-state index contributed by atoms with van der Waals surface area (Å²) in [6, 6.07) is 12.8. The second kappa shape index (κ2) is 6.26. The smallest absolute Gasteiger partial charge is 0.195 e. The summed E-state index contributed by atoms with van der Waals surface area (Å²) in [5.74, 6) is 0.173.